The Balaban J connectivity index is 1.45. The molecule has 31 heavy (non-hydrogen) atoms. The van der Waals surface area contributed by atoms with E-state index in [1.807, 2.05) is 35.0 Å². The Morgan fingerprint density at radius 1 is 1.19 bits per heavy atom. The van der Waals surface area contributed by atoms with Gasteiger partial charge in [-0.05, 0) is 48.2 Å². The largest absolute Gasteiger partial charge is 0.354 e. The van der Waals surface area contributed by atoms with Crippen LogP contribution < -0.4 is 5.32 Å². The van der Waals surface area contributed by atoms with Crippen LogP contribution in [0.4, 0.5) is 4.39 Å². The van der Waals surface area contributed by atoms with Crippen LogP contribution in [0.25, 0.3) is 10.1 Å². The minimum atomic E-state index is -0.261. The lowest BCUT2D eigenvalue weighted by molar-refractivity contribution is -0.131. The van der Waals surface area contributed by atoms with Crippen molar-refractivity contribution in [2.75, 3.05) is 33.7 Å². The summed E-state index contributed by atoms with van der Waals surface area (Å²) in [7, 11) is 3.54. The lowest BCUT2D eigenvalue weighted by Gasteiger charge is -2.22. The van der Waals surface area contributed by atoms with Gasteiger partial charge in [0.25, 0.3) is 5.91 Å². The molecule has 0 spiro atoms. The van der Waals surface area contributed by atoms with E-state index in [2.05, 4.69) is 11.4 Å². The van der Waals surface area contributed by atoms with Gasteiger partial charge in [0.15, 0.2) is 0 Å². The summed E-state index contributed by atoms with van der Waals surface area (Å²) in [5.41, 5.74) is 2.03. The summed E-state index contributed by atoms with van der Waals surface area (Å²) in [6.07, 6.45) is 0.845. The number of likely N-dealkylation sites (N-methyl/N-ethyl adjacent to an activating group) is 1. The van der Waals surface area contributed by atoms with Gasteiger partial charge >= 0.3 is 0 Å². The standard InChI is InChI=1S/C24H26FN3O2S/c1-26-24(30)23-22(19-5-3-4-6-20(19)31-23)17-11-12-28(14-17)21(29)15-27(2)13-16-7-9-18(25)10-8-16/h3-10,17H,11-15H2,1-2H3,(H,26,30)/t17-/m1/s1. The van der Waals surface area contributed by atoms with Crippen molar-refractivity contribution in [2.45, 2.75) is 18.9 Å². The highest BCUT2D eigenvalue weighted by molar-refractivity contribution is 7.21. The summed E-state index contributed by atoms with van der Waals surface area (Å²) >= 11 is 1.52. The number of rotatable bonds is 6. The normalized spacial score (nSPS) is 16.3. The summed E-state index contributed by atoms with van der Waals surface area (Å²) in [6.45, 7) is 2.19. The van der Waals surface area contributed by atoms with Gasteiger partial charge in [0.1, 0.15) is 5.82 Å². The van der Waals surface area contributed by atoms with E-state index in [1.165, 1.54) is 23.5 Å². The summed E-state index contributed by atoms with van der Waals surface area (Å²) in [4.78, 5) is 30.0. The van der Waals surface area contributed by atoms with Gasteiger partial charge in [-0.1, -0.05) is 30.3 Å². The van der Waals surface area contributed by atoms with Gasteiger partial charge in [-0.25, -0.2) is 4.39 Å². The Kier molecular flexibility index (Phi) is 6.34. The molecule has 2 heterocycles. The number of hydrogen-bond donors (Lipinski definition) is 1. The van der Waals surface area contributed by atoms with Crippen molar-refractivity contribution < 1.29 is 14.0 Å². The third-order valence-corrected chi connectivity index (χ3v) is 6.97. The lowest BCUT2D eigenvalue weighted by Crippen LogP contribution is -2.37. The average molecular weight is 440 g/mol. The average Bonchev–Trinajstić information content (AvgIpc) is 3.39. The molecule has 1 aromatic heterocycles. The zero-order valence-corrected chi connectivity index (χ0v) is 18.5. The predicted octanol–water partition coefficient (Wildman–Crippen LogP) is 3.85. The van der Waals surface area contributed by atoms with Crippen LogP contribution in [0.15, 0.2) is 48.5 Å². The third-order valence-electron chi connectivity index (χ3n) is 5.79. The highest BCUT2D eigenvalue weighted by Gasteiger charge is 2.32. The van der Waals surface area contributed by atoms with E-state index >= 15 is 0 Å². The van der Waals surface area contributed by atoms with Gasteiger partial charge in [0.05, 0.1) is 11.4 Å². The smallest absolute Gasteiger partial charge is 0.261 e. The third kappa shape index (κ3) is 4.62. The van der Waals surface area contributed by atoms with E-state index in [1.54, 1.807) is 19.2 Å². The first-order valence-electron chi connectivity index (χ1n) is 10.4. The summed E-state index contributed by atoms with van der Waals surface area (Å²) in [5, 5.41) is 3.86. The maximum Gasteiger partial charge on any atom is 0.261 e. The van der Waals surface area contributed by atoms with Crippen LogP contribution in [-0.4, -0.2) is 55.3 Å². The van der Waals surface area contributed by atoms with Crippen molar-refractivity contribution in [1.82, 2.24) is 15.1 Å². The van der Waals surface area contributed by atoms with E-state index in [0.29, 0.717) is 26.2 Å². The van der Waals surface area contributed by atoms with Crippen molar-refractivity contribution in [1.29, 1.82) is 0 Å². The molecule has 2 aromatic carbocycles. The van der Waals surface area contributed by atoms with Gasteiger partial charge < -0.3 is 10.2 Å². The number of fused-ring (bicyclic) bond motifs is 1. The molecule has 0 bridgehead atoms. The highest BCUT2D eigenvalue weighted by atomic mass is 32.1. The van der Waals surface area contributed by atoms with E-state index in [0.717, 1.165) is 32.5 Å². The molecule has 4 rings (SSSR count). The second kappa shape index (κ2) is 9.16. The first kappa shape index (κ1) is 21.5. The van der Waals surface area contributed by atoms with Crippen LogP contribution in [0.5, 0.6) is 0 Å². The highest BCUT2D eigenvalue weighted by Crippen LogP contribution is 2.40. The number of hydrogen-bond acceptors (Lipinski definition) is 4. The van der Waals surface area contributed by atoms with Gasteiger partial charge in [-0.3, -0.25) is 14.5 Å². The number of carbonyl (C=O) groups excluding carboxylic acids is 2. The number of benzene rings is 2. The van der Waals surface area contributed by atoms with Crippen LogP contribution in [0.1, 0.15) is 33.1 Å². The molecule has 1 aliphatic rings. The van der Waals surface area contributed by atoms with Crippen molar-refractivity contribution in [3.63, 3.8) is 0 Å². The first-order chi connectivity index (χ1) is 15.0. The Hall–Kier alpha value is -2.77. The molecule has 162 valence electrons. The van der Waals surface area contributed by atoms with E-state index in [-0.39, 0.29) is 23.5 Å². The topological polar surface area (TPSA) is 52.7 Å². The molecule has 0 saturated carbocycles. The van der Waals surface area contributed by atoms with Crippen LogP contribution >= 0.6 is 11.3 Å². The molecule has 2 amide bonds. The van der Waals surface area contributed by atoms with Gasteiger partial charge in [0, 0.05) is 37.3 Å². The molecule has 0 radical (unpaired) electrons. The van der Waals surface area contributed by atoms with Gasteiger partial charge in [-0.2, -0.15) is 0 Å². The second-order valence-corrected chi connectivity index (χ2v) is 9.10. The summed E-state index contributed by atoms with van der Waals surface area (Å²) < 4.78 is 14.2. The number of nitrogens with one attached hydrogen (secondary N) is 1. The molecular weight excluding hydrogens is 413 g/mol. The molecule has 1 atom stereocenters. The van der Waals surface area contributed by atoms with Crippen molar-refractivity contribution >= 4 is 33.2 Å². The molecule has 1 saturated heterocycles. The number of nitrogens with zero attached hydrogens (tertiary/aromatic N) is 2. The minimum absolute atomic E-state index is 0.0694. The Bertz CT molecular complexity index is 1100. The lowest BCUT2D eigenvalue weighted by atomic mass is 9.95. The van der Waals surface area contributed by atoms with Crippen molar-refractivity contribution in [2.24, 2.45) is 0 Å². The quantitative estimate of drug-likeness (QED) is 0.635. The molecule has 7 heteroatoms. The number of carbonyl (C=O) groups is 2. The Labute approximate surface area is 185 Å². The second-order valence-electron chi connectivity index (χ2n) is 8.04. The van der Waals surface area contributed by atoms with E-state index in [9.17, 15) is 14.0 Å². The van der Waals surface area contributed by atoms with Crippen LogP contribution in [0, 0.1) is 5.82 Å². The van der Waals surface area contributed by atoms with Crippen molar-refractivity contribution in [3.8, 4) is 0 Å². The number of likely N-dealkylation sites (tertiary alicyclic amines) is 1. The Morgan fingerprint density at radius 2 is 1.94 bits per heavy atom. The first-order valence-corrected chi connectivity index (χ1v) is 11.2. The zero-order chi connectivity index (χ0) is 22.0. The van der Waals surface area contributed by atoms with Crippen LogP contribution in [0.2, 0.25) is 0 Å². The fourth-order valence-electron chi connectivity index (χ4n) is 4.26. The maximum absolute atomic E-state index is 13.1. The summed E-state index contributed by atoms with van der Waals surface area (Å²) in [6, 6.07) is 14.4. The molecular formula is C24H26FN3O2S. The number of thiophene rings is 1. The molecule has 0 unspecified atom stereocenters. The SMILES string of the molecule is CNC(=O)c1sc2ccccc2c1[C@@H]1CCN(C(=O)CN(C)Cc2ccc(F)cc2)C1. The number of halogens is 1. The maximum atomic E-state index is 13.1. The monoisotopic (exact) mass is 439 g/mol. The van der Waals surface area contributed by atoms with Gasteiger partial charge in [0.2, 0.25) is 5.91 Å². The van der Waals surface area contributed by atoms with E-state index in [4.69, 9.17) is 0 Å². The fourth-order valence-corrected chi connectivity index (χ4v) is 5.50. The molecule has 1 N–H and O–H groups in total. The van der Waals surface area contributed by atoms with Gasteiger partial charge in [-0.15, -0.1) is 11.3 Å². The Morgan fingerprint density at radius 3 is 2.68 bits per heavy atom. The summed E-state index contributed by atoms with van der Waals surface area (Å²) in [5.74, 6) is -0.106. The van der Waals surface area contributed by atoms with Crippen molar-refractivity contribution in [3.05, 3.63) is 70.4 Å². The van der Waals surface area contributed by atoms with Crippen LogP contribution in [0.3, 0.4) is 0 Å². The zero-order valence-electron chi connectivity index (χ0n) is 17.7. The molecule has 5 nitrogen and oxygen atoms in total. The molecule has 1 fully saturated rings. The minimum Gasteiger partial charge on any atom is -0.354 e. The molecule has 1 aliphatic heterocycles. The molecule has 0 aliphatic carbocycles. The van der Waals surface area contributed by atoms with E-state index < -0.39 is 0 Å². The number of amides is 2. The predicted molar refractivity (Wildman–Crippen MR) is 122 cm³/mol. The van der Waals surface area contributed by atoms with Crippen LogP contribution in [-0.2, 0) is 11.3 Å². The molecule has 3 aromatic rings. The fraction of sp³-hybridized carbons (Fsp3) is 0.333.